The lowest BCUT2D eigenvalue weighted by Gasteiger charge is -2.31. The lowest BCUT2D eigenvalue weighted by molar-refractivity contribution is -0.129. The number of carbonyl (C=O) groups is 2. The van der Waals surface area contributed by atoms with E-state index in [2.05, 4.69) is 8.68 Å². The van der Waals surface area contributed by atoms with E-state index in [1.54, 1.807) is 4.90 Å². The number of likely N-dealkylation sites (tertiary alicyclic amines) is 1. The summed E-state index contributed by atoms with van der Waals surface area (Å²) < 4.78 is 64.0. The van der Waals surface area contributed by atoms with Crippen molar-refractivity contribution >= 4 is 38.2 Å². The van der Waals surface area contributed by atoms with Crippen molar-refractivity contribution < 1.29 is 35.3 Å². The molecule has 0 spiro atoms. The first-order valence-electron chi connectivity index (χ1n) is 9.00. The summed E-state index contributed by atoms with van der Waals surface area (Å²) in [5.74, 6) is -0.385. The van der Waals surface area contributed by atoms with Crippen LogP contribution in [0.3, 0.4) is 0 Å². The van der Waals surface area contributed by atoms with Crippen LogP contribution in [0.25, 0.3) is 0 Å². The van der Waals surface area contributed by atoms with Crippen molar-refractivity contribution in [3.8, 4) is 0 Å². The Kier molecular flexibility index (Phi) is 5.77. The summed E-state index contributed by atoms with van der Waals surface area (Å²) in [7, 11) is -8.83. The van der Waals surface area contributed by atoms with Crippen LogP contribution >= 0.6 is 0 Å². The smallest absolute Gasteiger partial charge is 0.385 e. The average Bonchev–Trinajstić information content (AvgIpc) is 2.85. The second kappa shape index (κ2) is 7.70. The van der Waals surface area contributed by atoms with Crippen molar-refractivity contribution in [1.82, 2.24) is 14.9 Å². The Hall–Kier alpha value is -1.97. The molecule has 3 heterocycles. The number of fused-ring (bicyclic) bond motifs is 2. The van der Waals surface area contributed by atoms with Crippen LogP contribution in [0, 0.1) is 0 Å². The second-order valence-corrected chi connectivity index (χ2v) is 10.1. The van der Waals surface area contributed by atoms with Crippen LogP contribution in [0.15, 0.2) is 4.40 Å². The molecule has 13 nitrogen and oxygen atoms in total. The van der Waals surface area contributed by atoms with Crippen molar-refractivity contribution in [2.45, 2.75) is 49.9 Å². The molecule has 3 fully saturated rings. The Bertz CT molecular complexity index is 926. The molecular weight excluding hydrogens is 430 g/mol. The van der Waals surface area contributed by atoms with E-state index in [-0.39, 0.29) is 44.0 Å². The quantitative estimate of drug-likeness (QED) is 0.290. The highest BCUT2D eigenvalue weighted by molar-refractivity contribution is 7.90. The van der Waals surface area contributed by atoms with Gasteiger partial charge in [0.1, 0.15) is 5.84 Å². The Morgan fingerprint density at radius 1 is 1.17 bits per heavy atom. The summed E-state index contributed by atoms with van der Waals surface area (Å²) in [5, 5.41) is -0.226. The molecule has 164 valence electrons. The zero-order chi connectivity index (χ0) is 21.6. The lowest BCUT2D eigenvalue weighted by atomic mass is 10.0. The Labute approximate surface area is 168 Å². The zero-order valence-corrected chi connectivity index (χ0v) is 17.3. The number of nitrogens with zero attached hydrogens (tertiary/aromatic N) is 4. The molecule has 3 amide bonds. The largest absolute Gasteiger partial charge is 0.418 e. The first-order chi connectivity index (χ1) is 13.4. The minimum Gasteiger partial charge on any atom is -0.385 e. The summed E-state index contributed by atoms with van der Waals surface area (Å²) in [6.45, 7) is 2.11. The monoisotopic (exact) mass is 453 g/mol. The van der Waals surface area contributed by atoms with Gasteiger partial charge in [-0.3, -0.25) is 9.35 Å². The van der Waals surface area contributed by atoms with E-state index in [4.69, 9.17) is 10.3 Å². The fourth-order valence-electron chi connectivity index (χ4n) is 3.89. The summed E-state index contributed by atoms with van der Waals surface area (Å²) in [5.41, 5.74) is 5.92. The molecule has 3 aliphatic rings. The molecule has 0 aliphatic carbocycles. The maximum absolute atomic E-state index is 12.6. The summed E-state index contributed by atoms with van der Waals surface area (Å²) in [6, 6.07) is -2.29. The third kappa shape index (κ3) is 4.62. The number of hydroxylamine groups is 2. The summed E-state index contributed by atoms with van der Waals surface area (Å²) in [4.78, 5) is 26.5. The molecule has 29 heavy (non-hydrogen) atoms. The molecule has 3 rings (SSSR count). The molecule has 2 unspecified atom stereocenters. The van der Waals surface area contributed by atoms with E-state index in [1.165, 1.54) is 11.8 Å². The van der Waals surface area contributed by atoms with Crippen LogP contribution in [0.2, 0.25) is 0 Å². The first kappa shape index (κ1) is 21.7. The topological polar surface area (TPSA) is 180 Å². The first-order valence-corrected chi connectivity index (χ1v) is 11.9. The highest BCUT2D eigenvalue weighted by Crippen LogP contribution is 2.31. The van der Waals surface area contributed by atoms with Gasteiger partial charge in [0.05, 0.1) is 17.3 Å². The SMILES string of the molecule is CC(=O)N1CCC(S(=O)(=O)N=C(N)C2CCC3CN2C(=O)N3OS(=O)(=O)O)CC1. The van der Waals surface area contributed by atoms with Gasteiger partial charge in [-0.05, 0) is 25.7 Å². The number of amides is 3. The van der Waals surface area contributed by atoms with E-state index < -0.39 is 43.8 Å². The summed E-state index contributed by atoms with van der Waals surface area (Å²) in [6.07, 6.45) is 1.03. The van der Waals surface area contributed by atoms with Gasteiger partial charge in [0.25, 0.3) is 10.0 Å². The van der Waals surface area contributed by atoms with Crippen molar-refractivity contribution in [2.75, 3.05) is 19.6 Å². The maximum Gasteiger partial charge on any atom is 0.418 e. The van der Waals surface area contributed by atoms with E-state index in [0.29, 0.717) is 18.2 Å². The van der Waals surface area contributed by atoms with Gasteiger partial charge >= 0.3 is 16.4 Å². The van der Waals surface area contributed by atoms with Crippen LogP contribution in [0.4, 0.5) is 4.79 Å². The van der Waals surface area contributed by atoms with Crippen molar-refractivity contribution in [2.24, 2.45) is 10.1 Å². The van der Waals surface area contributed by atoms with Gasteiger partial charge < -0.3 is 15.5 Å². The molecule has 0 aromatic rings. The highest BCUT2D eigenvalue weighted by atomic mass is 32.3. The molecule has 3 saturated heterocycles. The van der Waals surface area contributed by atoms with Crippen molar-refractivity contribution in [1.29, 1.82) is 0 Å². The minimum absolute atomic E-state index is 0.0618. The fourth-order valence-corrected chi connectivity index (χ4v) is 5.65. The number of amidine groups is 1. The number of nitrogens with two attached hydrogens (primary N) is 1. The van der Waals surface area contributed by atoms with Gasteiger partial charge in [-0.25, -0.2) is 13.2 Å². The molecule has 3 N–H and O–H groups in total. The molecule has 0 aromatic carbocycles. The molecule has 0 saturated carbocycles. The minimum atomic E-state index is -4.88. The van der Waals surface area contributed by atoms with E-state index in [9.17, 15) is 26.4 Å². The van der Waals surface area contributed by atoms with Crippen molar-refractivity contribution in [3.05, 3.63) is 0 Å². The van der Waals surface area contributed by atoms with Crippen molar-refractivity contribution in [3.63, 3.8) is 0 Å². The van der Waals surface area contributed by atoms with E-state index in [1.807, 2.05) is 0 Å². The third-order valence-corrected chi connectivity index (χ3v) is 7.51. The molecule has 15 heteroatoms. The molecular formula is C14H23N5O8S2. The zero-order valence-electron chi connectivity index (χ0n) is 15.7. The Balaban J connectivity index is 1.72. The Morgan fingerprint density at radius 3 is 2.34 bits per heavy atom. The molecule has 0 aromatic heterocycles. The third-order valence-electron chi connectivity index (χ3n) is 5.38. The Morgan fingerprint density at radius 2 is 1.79 bits per heavy atom. The number of carbonyl (C=O) groups excluding carboxylic acids is 2. The van der Waals surface area contributed by atoms with Gasteiger partial charge in [-0.2, -0.15) is 13.5 Å². The van der Waals surface area contributed by atoms with Crippen LogP contribution in [0.5, 0.6) is 0 Å². The number of hydrogen-bond donors (Lipinski definition) is 2. The van der Waals surface area contributed by atoms with Gasteiger partial charge in [-0.1, -0.05) is 0 Å². The van der Waals surface area contributed by atoms with Gasteiger partial charge in [0, 0.05) is 26.6 Å². The lowest BCUT2D eigenvalue weighted by Crippen LogP contribution is -2.49. The standard InChI is InChI=1S/C14H23N5O8S2/c1-9(20)17-6-4-11(5-7-17)28(22,23)16-13(15)12-3-2-10-8-18(12)14(21)19(10)27-29(24,25)26/h10-12H,2-8H2,1H3,(H2,15,16)(H,24,25,26). The fraction of sp³-hybridized carbons (Fsp3) is 0.786. The van der Waals surface area contributed by atoms with E-state index in [0.717, 1.165) is 0 Å². The van der Waals surface area contributed by atoms with Gasteiger partial charge in [0.15, 0.2) is 0 Å². The van der Waals surface area contributed by atoms with Gasteiger partial charge in [0.2, 0.25) is 5.91 Å². The van der Waals surface area contributed by atoms with Crippen LogP contribution in [0.1, 0.15) is 32.6 Å². The number of piperidine rings is 2. The van der Waals surface area contributed by atoms with Crippen LogP contribution in [-0.2, 0) is 29.5 Å². The predicted molar refractivity (Wildman–Crippen MR) is 99.2 cm³/mol. The highest BCUT2D eigenvalue weighted by Gasteiger charge is 2.48. The van der Waals surface area contributed by atoms with Gasteiger partial charge in [-0.15, -0.1) is 8.68 Å². The predicted octanol–water partition coefficient (Wildman–Crippen LogP) is -1.31. The van der Waals surface area contributed by atoms with Crippen LogP contribution < -0.4 is 5.73 Å². The van der Waals surface area contributed by atoms with Crippen LogP contribution in [-0.4, -0.2) is 91.0 Å². The van der Waals surface area contributed by atoms with E-state index >= 15 is 0 Å². The number of sulfonamides is 1. The molecule has 3 aliphatic heterocycles. The number of hydrogen-bond acceptors (Lipinski definition) is 7. The average molecular weight is 453 g/mol. The normalized spacial score (nSPS) is 26.9. The second-order valence-electron chi connectivity index (χ2n) is 7.25. The maximum atomic E-state index is 12.6. The molecule has 2 bridgehead atoms. The molecule has 0 radical (unpaired) electrons. The number of urea groups is 1. The number of rotatable bonds is 5. The summed E-state index contributed by atoms with van der Waals surface area (Å²) >= 11 is 0. The molecule has 2 atom stereocenters.